The Balaban J connectivity index is 2.35. The maximum Gasteiger partial charge on any atom is 0.381 e. The third-order valence-corrected chi connectivity index (χ3v) is 2.36. The Morgan fingerprint density at radius 3 is 2.28 bits per heavy atom. The van der Waals surface area contributed by atoms with Gasteiger partial charge in [-0.3, -0.25) is 0 Å². The number of carbonyl (C=O) groups is 1. The summed E-state index contributed by atoms with van der Waals surface area (Å²) in [6.07, 6.45) is 0. The van der Waals surface area contributed by atoms with E-state index in [1.807, 2.05) is 0 Å². The van der Waals surface area contributed by atoms with Gasteiger partial charge in [0, 0.05) is 4.53 Å². The van der Waals surface area contributed by atoms with Crippen LogP contribution < -0.4 is 5.32 Å². The van der Waals surface area contributed by atoms with E-state index in [4.69, 9.17) is 0 Å². The minimum Gasteiger partial charge on any atom is -0.352 e. The first-order valence-corrected chi connectivity index (χ1v) is 5.16. The molecule has 1 N–H and O–H groups in total. The second-order valence-corrected chi connectivity index (χ2v) is 3.52. The molecule has 2 aromatic carbocycles. The average molecular weight is 249 g/mol. The van der Waals surface area contributed by atoms with Crippen LogP contribution in [0.1, 0.15) is 10.4 Å². The number of hydrogen-bond acceptors (Lipinski definition) is 3. The maximum absolute atomic E-state index is 13.4. The molecule has 0 spiro atoms. The first-order chi connectivity index (χ1) is 8.72. The average Bonchev–Trinajstić information content (AvgIpc) is 2.41. The SMILES string of the molecule is O=C(OF)c1ccccc1Nc1ccccc1F. The Kier molecular flexibility index (Phi) is 3.52. The fourth-order valence-corrected chi connectivity index (χ4v) is 1.52. The van der Waals surface area contributed by atoms with Crippen molar-refractivity contribution in [1.29, 1.82) is 0 Å². The zero-order valence-electron chi connectivity index (χ0n) is 9.19. The second kappa shape index (κ2) is 5.27. The van der Waals surface area contributed by atoms with E-state index in [0.717, 1.165) is 0 Å². The van der Waals surface area contributed by atoms with Gasteiger partial charge < -0.3 is 5.32 Å². The van der Waals surface area contributed by atoms with E-state index in [2.05, 4.69) is 10.3 Å². The van der Waals surface area contributed by atoms with E-state index in [1.54, 1.807) is 24.3 Å². The van der Waals surface area contributed by atoms with Crippen LogP contribution in [0, 0.1) is 5.82 Å². The number of hydrogen-bond donors (Lipinski definition) is 1. The van der Waals surface area contributed by atoms with Crippen LogP contribution in [-0.2, 0) is 4.94 Å². The Hall–Kier alpha value is -2.43. The number of nitrogens with one attached hydrogen (secondary N) is 1. The molecule has 0 aromatic heterocycles. The molecule has 0 radical (unpaired) electrons. The van der Waals surface area contributed by atoms with Crippen LogP contribution in [0.2, 0.25) is 0 Å². The molecule has 0 amide bonds. The van der Waals surface area contributed by atoms with E-state index in [0.29, 0.717) is 0 Å². The standard InChI is InChI=1S/C13H9F2NO2/c14-10-6-2-4-8-12(10)16-11-7-3-1-5-9(11)13(17)18-15/h1-8,16H. The number of rotatable bonds is 3. The molecule has 2 rings (SSSR count). The van der Waals surface area contributed by atoms with Gasteiger partial charge in [-0.2, -0.15) is 0 Å². The molecule has 5 heteroatoms. The molecule has 0 unspecified atom stereocenters. The molecule has 0 fully saturated rings. The fourth-order valence-electron chi connectivity index (χ4n) is 1.52. The van der Waals surface area contributed by atoms with Crippen LogP contribution in [0.5, 0.6) is 0 Å². The molecule has 0 saturated carbocycles. The lowest BCUT2D eigenvalue weighted by atomic mass is 10.1. The van der Waals surface area contributed by atoms with Crippen LogP contribution in [0.25, 0.3) is 0 Å². The van der Waals surface area contributed by atoms with Crippen molar-refractivity contribution in [2.75, 3.05) is 5.32 Å². The zero-order valence-corrected chi connectivity index (χ0v) is 9.19. The summed E-state index contributed by atoms with van der Waals surface area (Å²) in [6, 6.07) is 12.1. The van der Waals surface area contributed by atoms with Crippen LogP contribution in [-0.4, -0.2) is 5.97 Å². The van der Waals surface area contributed by atoms with E-state index in [1.165, 1.54) is 24.3 Å². The Morgan fingerprint density at radius 1 is 1.00 bits per heavy atom. The molecule has 2 aromatic rings. The Labute approximate surface area is 102 Å². The highest BCUT2D eigenvalue weighted by Crippen LogP contribution is 2.23. The topological polar surface area (TPSA) is 38.3 Å². The molecule has 0 aliphatic rings. The minimum atomic E-state index is -1.13. The summed E-state index contributed by atoms with van der Waals surface area (Å²) in [6.45, 7) is 0. The van der Waals surface area contributed by atoms with Gasteiger partial charge >= 0.3 is 5.97 Å². The van der Waals surface area contributed by atoms with Crippen molar-refractivity contribution in [2.45, 2.75) is 0 Å². The predicted octanol–water partition coefficient (Wildman–Crippen LogP) is 3.61. The van der Waals surface area contributed by atoms with Crippen molar-refractivity contribution in [1.82, 2.24) is 0 Å². The van der Waals surface area contributed by atoms with Gasteiger partial charge in [-0.1, -0.05) is 24.3 Å². The normalized spacial score (nSPS) is 9.89. The van der Waals surface area contributed by atoms with Gasteiger partial charge in [0.25, 0.3) is 0 Å². The van der Waals surface area contributed by atoms with Gasteiger partial charge in [-0.15, -0.1) is 0 Å². The predicted molar refractivity (Wildman–Crippen MR) is 62.6 cm³/mol. The van der Waals surface area contributed by atoms with Crippen molar-refractivity contribution in [3.8, 4) is 0 Å². The molecular weight excluding hydrogens is 240 g/mol. The van der Waals surface area contributed by atoms with Crippen molar-refractivity contribution < 1.29 is 18.7 Å². The van der Waals surface area contributed by atoms with E-state index < -0.39 is 11.8 Å². The first-order valence-electron chi connectivity index (χ1n) is 5.16. The highest BCUT2D eigenvalue weighted by molar-refractivity contribution is 5.96. The van der Waals surface area contributed by atoms with Crippen LogP contribution in [0.3, 0.4) is 0 Å². The molecule has 92 valence electrons. The molecule has 3 nitrogen and oxygen atoms in total. The molecule has 0 atom stereocenters. The summed E-state index contributed by atoms with van der Waals surface area (Å²) < 4.78 is 25.4. The van der Waals surface area contributed by atoms with Gasteiger partial charge in [0.1, 0.15) is 5.82 Å². The zero-order chi connectivity index (χ0) is 13.0. The van der Waals surface area contributed by atoms with Crippen molar-refractivity contribution in [3.05, 3.63) is 59.9 Å². The number of para-hydroxylation sites is 2. The molecule has 0 saturated heterocycles. The quantitative estimate of drug-likeness (QED) is 0.903. The number of halogens is 2. The lowest BCUT2D eigenvalue weighted by Crippen LogP contribution is -2.04. The second-order valence-electron chi connectivity index (χ2n) is 3.52. The number of carbonyl (C=O) groups excluding carboxylic acids is 1. The van der Waals surface area contributed by atoms with Crippen LogP contribution in [0.4, 0.5) is 20.3 Å². The largest absolute Gasteiger partial charge is 0.381 e. The number of anilines is 2. The van der Waals surface area contributed by atoms with Gasteiger partial charge in [0.2, 0.25) is 0 Å². The summed E-state index contributed by atoms with van der Waals surface area (Å²) in [5.74, 6) is -1.60. The third kappa shape index (κ3) is 2.45. The molecule has 18 heavy (non-hydrogen) atoms. The summed E-state index contributed by atoms with van der Waals surface area (Å²) in [7, 11) is 0. The fraction of sp³-hybridized carbons (Fsp3) is 0. The molecule has 0 aliphatic carbocycles. The van der Waals surface area contributed by atoms with Gasteiger partial charge in [-0.25, -0.2) is 14.1 Å². The summed E-state index contributed by atoms with van der Waals surface area (Å²) in [4.78, 5) is 14.4. The van der Waals surface area contributed by atoms with Crippen molar-refractivity contribution in [3.63, 3.8) is 0 Å². The highest BCUT2D eigenvalue weighted by Gasteiger charge is 2.13. The van der Waals surface area contributed by atoms with Crippen molar-refractivity contribution >= 4 is 17.3 Å². The van der Waals surface area contributed by atoms with Gasteiger partial charge in [-0.05, 0) is 24.3 Å². The Morgan fingerprint density at radius 2 is 1.61 bits per heavy atom. The van der Waals surface area contributed by atoms with Gasteiger partial charge in [0.15, 0.2) is 0 Å². The molecule has 0 heterocycles. The molecule has 0 aliphatic heterocycles. The van der Waals surface area contributed by atoms with Crippen LogP contribution >= 0.6 is 0 Å². The van der Waals surface area contributed by atoms with Gasteiger partial charge in [0.05, 0.1) is 16.9 Å². The molecular formula is C13H9F2NO2. The Bertz CT molecular complexity index is 572. The van der Waals surface area contributed by atoms with Crippen molar-refractivity contribution in [2.24, 2.45) is 0 Å². The maximum atomic E-state index is 13.4. The first kappa shape index (κ1) is 12.0. The van der Waals surface area contributed by atoms with Crippen LogP contribution in [0.15, 0.2) is 48.5 Å². The smallest absolute Gasteiger partial charge is 0.352 e. The highest BCUT2D eigenvalue weighted by atomic mass is 19.3. The van der Waals surface area contributed by atoms with E-state index in [-0.39, 0.29) is 16.9 Å². The summed E-state index contributed by atoms with van der Waals surface area (Å²) in [5.41, 5.74) is 0.449. The lowest BCUT2D eigenvalue weighted by Gasteiger charge is -2.10. The molecule has 0 bridgehead atoms. The van der Waals surface area contributed by atoms with E-state index in [9.17, 15) is 13.7 Å². The third-order valence-electron chi connectivity index (χ3n) is 2.36. The van der Waals surface area contributed by atoms with E-state index >= 15 is 0 Å². The lowest BCUT2D eigenvalue weighted by molar-refractivity contribution is -0.0787. The summed E-state index contributed by atoms with van der Waals surface area (Å²) >= 11 is 0. The monoisotopic (exact) mass is 249 g/mol. The summed E-state index contributed by atoms with van der Waals surface area (Å²) in [5, 5.41) is 2.71. The minimum absolute atomic E-state index is 0.0109. The number of benzene rings is 2.